The summed E-state index contributed by atoms with van der Waals surface area (Å²) in [7, 11) is -4.22. The second kappa shape index (κ2) is 9.05. The highest BCUT2D eigenvalue weighted by atomic mass is 79.9. The van der Waals surface area contributed by atoms with Crippen LogP contribution in [0.3, 0.4) is 0 Å². The number of hydrogen-bond donors (Lipinski definition) is 0. The third-order valence-electron chi connectivity index (χ3n) is 5.81. The fraction of sp³-hybridized carbons (Fsp3) is 0.625. The fourth-order valence-electron chi connectivity index (χ4n) is 4.13. The zero-order valence-corrected chi connectivity index (χ0v) is 24.0. The molecule has 2 heterocycles. The average Bonchev–Trinajstić information content (AvgIpc) is 3.11. The molecule has 1 aromatic carbocycles. The van der Waals surface area contributed by atoms with Crippen molar-refractivity contribution < 1.29 is 36.6 Å². The van der Waals surface area contributed by atoms with E-state index < -0.39 is 60.4 Å². The van der Waals surface area contributed by atoms with Crippen molar-refractivity contribution in [3.8, 4) is 0 Å². The van der Waals surface area contributed by atoms with Crippen molar-refractivity contribution in [3.63, 3.8) is 0 Å². The SMILES string of the molecule is CC(C)(C)OC(=O)N(C(=O)OC(C)(C)C)C1=N[C@@]2(c3cc(Br)ccc3F)COC[C@H]2S(=O)(=O)C1(C)C. The predicted molar refractivity (Wildman–Crippen MR) is 135 cm³/mol. The molecule has 2 aliphatic rings. The van der Waals surface area contributed by atoms with Crippen LogP contribution in [0.25, 0.3) is 0 Å². The number of benzene rings is 1. The second-order valence-electron chi connectivity index (χ2n) is 11.3. The van der Waals surface area contributed by atoms with Crippen LogP contribution < -0.4 is 0 Å². The molecule has 0 saturated carbocycles. The van der Waals surface area contributed by atoms with E-state index in [4.69, 9.17) is 14.2 Å². The first-order chi connectivity index (χ1) is 16.2. The molecule has 2 aliphatic heterocycles. The van der Waals surface area contributed by atoms with E-state index >= 15 is 4.39 Å². The molecule has 0 aliphatic carbocycles. The number of imide groups is 1. The molecule has 1 aromatic rings. The van der Waals surface area contributed by atoms with E-state index in [-0.39, 0.29) is 18.8 Å². The highest BCUT2D eigenvalue weighted by molar-refractivity contribution is 9.10. The van der Waals surface area contributed by atoms with Crippen LogP contribution in [-0.4, -0.2) is 65.8 Å². The van der Waals surface area contributed by atoms with Gasteiger partial charge in [0.25, 0.3) is 0 Å². The molecule has 3 rings (SSSR count). The number of sulfone groups is 1. The summed E-state index contributed by atoms with van der Waals surface area (Å²) >= 11 is 3.30. The first-order valence-corrected chi connectivity index (χ1v) is 13.7. The summed E-state index contributed by atoms with van der Waals surface area (Å²) in [6, 6.07) is 4.09. The maximum absolute atomic E-state index is 15.2. The highest BCUT2D eigenvalue weighted by Crippen LogP contribution is 2.48. The lowest BCUT2D eigenvalue weighted by Crippen LogP contribution is -2.64. The predicted octanol–water partition coefficient (Wildman–Crippen LogP) is 4.96. The minimum absolute atomic E-state index is 0.0377. The van der Waals surface area contributed by atoms with Gasteiger partial charge < -0.3 is 14.2 Å². The van der Waals surface area contributed by atoms with E-state index in [9.17, 15) is 18.0 Å². The van der Waals surface area contributed by atoms with Crippen LogP contribution in [0.15, 0.2) is 27.7 Å². The van der Waals surface area contributed by atoms with Gasteiger partial charge in [-0.3, -0.25) is 4.99 Å². The van der Waals surface area contributed by atoms with E-state index in [1.165, 1.54) is 32.0 Å². The van der Waals surface area contributed by atoms with Crippen LogP contribution in [0.1, 0.15) is 61.0 Å². The number of halogens is 2. The quantitative estimate of drug-likeness (QED) is 0.454. The third kappa shape index (κ3) is 5.04. The molecule has 2 amide bonds. The molecule has 0 aromatic heterocycles. The first-order valence-electron chi connectivity index (χ1n) is 11.4. The summed E-state index contributed by atoms with van der Waals surface area (Å²) in [6.45, 7) is 11.8. The Labute approximate surface area is 219 Å². The third-order valence-corrected chi connectivity index (χ3v) is 9.19. The number of amides is 2. The largest absolute Gasteiger partial charge is 0.443 e. The summed E-state index contributed by atoms with van der Waals surface area (Å²) in [5.41, 5.74) is -3.84. The summed E-state index contributed by atoms with van der Waals surface area (Å²) in [6.07, 6.45) is -2.33. The lowest BCUT2D eigenvalue weighted by atomic mass is 9.88. The van der Waals surface area contributed by atoms with Gasteiger partial charge in [0.1, 0.15) is 38.4 Å². The van der Waals surface area contributed by atoms with Crippen molar-refractivity contribution in [2.24, 2.45) is 4.99 Å². The Bertz CT molecular complexity index is 1190. The van der Waals surface area contributed by atoms with Gasteiger partial charge in [-0.2, -0.15) is 4.90 Å². The topological polar surface area (TPSA) is 112 Å². The van der Waals surface area contributed by atoms with E-state index in [0.29, 0.717) is 9.37 Å². The fourth-order valence-corrected chi connectivity index (χ4v) is 6.63. The number of rotatable bonds is 1. The van der Waals surface area contributed by atoms with Gasteiger partial charge in [-0.25, -0.2) is 22.4 Å². The molecule has 1 saturated heterocycles. The van der Waals surface area contributed by atoms with Gasteiger partial charge in [-0.15, -0.1) is 0 Å². The highest BCUT2D eigenvalue weighted by Gasteiger charge is 2.64. The van der Waals surface area contributed by atoms with Crippen LogP contribution in [0.5, 0.6) is 0 Å². The Morgan fingerprint density at radius 3 is 2.14 bits per heavy atom. The van der Waals surface area contributed by atoms with Crippen molar-refractivity contribution in [3.05, 3.63) is 34.1 Å². The summed E-state index contributed by atoms with van der Waals surface area (Å²) in [4.78, 5) is 31.9. The minimum atomic E-state index is -4.22. The second-order valence-corrected chi connectivity index (χ2v) is 14.9. The Balaban J connectivity index is 2.35. The van der Waals surface area contributed by atoms with Gasteiger partial charge in [0.05, 0.1) is 13.2 Å². The molecule has 36 heavy (non-hydrogen) atoms. The standard InChI is InChI=1S/C24H32BrFN2O7S/c1-21(2,3)34-19(29)28(20(30)35-22(4,5)6)18-23(7,8)36(31,32)17-12-33-13-24(17,27-18)15-11-14(25)9-10-16(15)26/h9-11,17H,12-13H2,1-8H3/t17-,24-/m1/s1. The molecule has 0 N–H and O–H groups in total. The van der Waals surface area contributed by atoms with Gasteiger partial charge in [0.2, 0.25) is 0 Å². The Morgan fingerprint density at radius 2 is 1.64 bits per heavy atom. The molecular formula is C24H32BrFN2O7S. The summed E-state index contributed by atoms with van der Waals surface area (Å²) in [5.74, 6) is -1.14. The average molecular weight is 591 g/mol. The monoisotopic (exact) mass is 590 g/mol. The first kappa shape index (κ1) is 28.5. The number of carbonyl (C=O) groups is 2. The summed E-state index contributed by atoms with van der Waals surface area (Å²) < 4.78 is 58.3. The molecule has 0 spiro atoms. The molecule has 0 radical (unpaired) electrons. The van der Waals surface area contributed by atoms with Crippen molar-refractivity contribution in [1.82, 2.24) is 4.90 Å². The number of ether oxygens (including phenoxy) is 3. The van der Waals surface area contributed by atoms with Crippen LogP contribution in [-0.2, 0) is 29.6 Å². The van der Waals surface area contributed by atoms with E-state index in [0.717, 1.165) is 0 Å². The lowest BCUT2D eigenvalue weighted by molar-refractivity contribution is 0.0138. The number of amidine groups is 1. The van der Waals surface area contributed by atoms with Crippen molar-refractivity contribution in [1.29, 1.82) is 0 Å². The number of fused-ring (bicyclic) bond motifs is 1. The van der Waals surface area contributed by atoms with Crippen molar-refractivity contribution >= 4 is 43.8 Å². The smallest absolute Gasteiger partial charge is 0.425 e. The Kier molecular flexibility index (Phi) is 7.17. The molecule has 1 fully saturated rings. The van der Waals surface area contributed by atoms with Crippen molar-refractivity contribution in [2.45, 2.75) is 82.1 Å². The molecule has 9 nitrogen and oxygen atoms in total. The van der Waals surface area contributed by atoms with E-state index in [1.54, 1.807) is 41.5 Å². The molecule has 12 heteroatoms. The Hall–Kier alpha value is -2.05. The Morgan fingerprint density at radius 1 is 1.11 bits per heavy atom. The van der Waals surface area contributed by atoms with E-state index in [1.807, 2.05) is 0 Å². The molecule has 2 atom stereocenters. The molecular weight excluding hydrogens is 559 g/mol. The number of carbonyl (C=O) groups excluding carboxylic acids is 2. The molecule has 0 unspecified atom stereocenters. The zero-order chi connectivity index (χ0) is 27.5. The normalized spacial score (nSPS) is 24.9. The van der Waals surface area contributed by atoms with Gasteiger partial charge in [0.15, 0.2) is 9.84 Å². The summed E-state index contributed by atoms with van der Waals surface area (Å²) in [5, 5.41) is -1.26. The van der Waals surface area contributed by atoms with Crippen LogP contribution in [0.4, 0.5) is 14.0 Å². The van der Waals surface area contributed by atoms with Crippen LogP contribution in [0.2, 0.25) is 0 Å². The maximum atomic E-state index is 15.2. The van der Waals surface area contributed by atoms with Gasteiger partial charge in [0, 0.05) is 10.0 Å². The molecule has 0 bridgehead atoms. The van der Waals surface area contributed by atoms with E-state index in [2.05, 4.69) is 20.9 Å². The van der Waals surface area contributed by atoms with Gasteiger partial charge >= 0.3 is 12.2 Å². The minimum Gasteiger partial charge on any atom is -0.443 e. The zero-order valence-electron chi connectivity index (χ0n) is 21.6. The number of nitrogens with zero attached hydrogens (tertiary/aromatic N) is 2. The number of hydrogen-bond acceptors (Lipinski definition) is 8. The van der Waals surface area contributed by atoms with Crippen LogP contribution in [0, 0.1) is 5.82 Å². The lowest BCUT2D eigenvalue weighted by Gasteiger charge is -2.44. The molecule has 200 valence electrons. The number of aliphatic imine (C=N–C) groups is 1. The van der Waals surface area contributed by atoms with Gasteiger partial charge in [-0.05, 0) is 73.6 Å². The van der Waals surface area contributed by atoms with Crippen LogP contribution >= 0.6 is 15.9 Å². The van der Waals surface area contributed by atoms with Crippen molar-refractivity contribution in [2.75, 3.05) is 13.2 Å². The van der Waals surface area contributed by atoms with Gasteiger partial charge in [-0.1, -0.05) is 15.9 Å². The maximum Gasteiger partial charge on any atom is 0.425 e.